The Morgan fingerprint density at radius 3 is 2.67 bits per heavy atom. The fourth-order valence-corrected chi connectivity index (χ4v) is 1.73. The molecule has 0 amide bonds. The van der Waals surface area contributed by atoms with Crippen molar-refractivity contribution in [3.8, 4) is 5.75 Å². The van der Waals surface area contributed by atoms with Crippen molar-refractivity contribution in [1.29, 1.82) is 0 Å². The molecule has 1 N–H and O–H groups in total. The van der Waals surface area contributed by atoms with Gasteiger partial charge in [-0.15, -0.1) is 0 Å². The topological polar surface area (TPSA) is 38.3 Å². The van der Waals surface area contributed by atoms with Crippen molar-refractivity contribution >= 4 is 5.78 Å². The summed E-state index contributed by atoms with van der Waals surface area (Å²) in [5.74, 6) is 0.899. The molecule has 0 fully saturated rings. The van der Waals surface area contributed by atoms with Crippen LogP contribution in [0.2, 0.25) is 0 Å². The van der Waals surface area contributed by atoms with Crippen LogP contribution in [0.25, 0.3) is 0 Å². The molecule has 3 heteroatoms. The summed E-state index contributed by atoms with van der Waals surface area (Å²) >= 11 is 0. The zero-order valence-electron chi connectivity index (χ0n) is 11.7. The van der Waals surface area contributed by atoms with Gasteiger partial charge >= 0.3 is 0 Å². The predicted octanol–water partition coefficient (Wildman–Crippen LogP) is 2.90. The van der Waals surface area contributed by atoms with E-state index in [1.54, 1.807) is 0 Å². The van der Waals surface area contributed by atoms with Gasteiger partial charge in [0.2, 0.25) is 0 Å². The average molecular weight is 249 g/mol. The molecule has 1 rings (SSSR count). The maximum atomic E-state index is 12.2. The minimum Gasteiger partial charge on any atom is -0.491 e. The van der Waals surface area contributed by atoms with Gasteiger partial charge in [0.1, 0.15) is 5.75 Å². The second-order valence-corrected chi connectivity index (χ2v) is 4.77. The lowest BCUT2D eigenvalue weighted by molar-refractivity contribution is 0.0928. The Morgan fingerprint density at radius 2 is 2.06 bits per heavy atom. The van der Waals surface area contributed by atoms with Gasteiger partial charge in [0.15, 0.2) is 5.78 Å². The highest BCUT2D eigenvalue weighted by atomic mass is 16.5. The summed E-state index contributed by atoms with van der Waals surface area (Å²) in [7, 11) is 0. The molecular formula is C15H23NO2. The zero-order chi connectivity index (χ0) is 13.5. The van der Waals surface area contributed by atoms with Crippen LogP contribution in [0, 0.1) is 5.92 Å². The van der Waals surface area contributed by atoms with Crippen molar-refractivity contribution in [2.24, 2.45) is 5.92 Å². The molecule has 1 aromatic carbocycles. The number of ketones is 1. The molecule has 0 saturated carbocycles. The summed E-state index contributed by atoms with van der Waals surface area (Å²) in [6, 6.07) is 7.42. The lowest BCUT2D eigenvalue weighted by Gasteiger charge is -2.13. The fourth-order valence-electron chi connectivity index (χ4n) is 1.73. The smallest absolute Gasteiger partial charge is 0.167 e. The number of hydrogen-bond acceptors (Lipinski definition) is 3. The van der Waals surface area contributed by atoms with Gasteiger partial charge < -0.3 is 10.1 Å². The molecular weight excluding hydrogens is 226 g/mol. The molecule has 3 nitrogen and oxygen atoms in total. The minimum absolute atomic E-state index is 0.0146. The summed E-state index contributed by atoms with van der Waals surface area (Å²) < 4.78 is 5.60. The SMILES string of the molecule is CCNCC(C)C(=O)c1cccc(OC(C)C)c1. The van der Waals surface area contributed by atoms with Crippen molar-refractivity contribution in [1.82, 2.24) is 5.32 Å². The number of rotatable bonds is 7. The fraction of sp³-hybridized carbons (Fsp3) is 0.533. The van der Waals surface area contributed by atoms with Gasteiger partial charge in [-0.05, 0) is 32.5 Å². The van der Waals surface area contributed by atoms with Crippen LogP contribution in [0.15, 0.2) is 24.3 Å². The van der Waals surface area contributed by atoms with Gasteiger partial charge in [0, 0.05) is 18.0 Å². The molecule has 0 aliphatic rings. The third-order valence-corrected chi connectivity index (χ3v) is 2.64. The van der Waals surface area contributed by atoms with Crippen LogP contribution in [0.5, 0.6) is 5.75 Å². The number of carbonyl (C=O) groups is 1. The van der Waals surface area contributed by atoms with Crippen molar-refractivity contribution in [3.63, 3.8) is 0 Å². The number of nitrogens with one attached hydrogen (secondary N) is 1. The van der Waals surface area contributed by atoms with Crippen LogP contribution >= 0.6 is 0 Å². The number of carbonyl (C=O) groups excluding carboxylic acids is 1. The van der Waals surface area contributed by atoms with E-state index in [0.717, 1.165) is 17.9 Å². The van der Waals surface area contributed by atoms with Crippen LogP contribution < -0.4 is 10.1 Å². The number of ether oxygens (including phenoxy) is 1. The Morgan fingerprint density at radius 1 is 1.33 bits per heavy atom. The van der Waals surface area contributed by atoms with Gasteiger partial charge in [-0.25, -0.2) is 0 Å². The van der Waals surface area contributed by atoms with Crippen molar-refractivity contribution in [3.05, 3.63) is 29.8 Å². The summed E-state index contributed by atoms with van der Waals surface area (Å²) in [4.78, 5) is 12.2. The second kappa shape index (κ2) is 7.17. The van der Waals surface area contributed by atoms with Gasteiger partial charge in [-0.3, -0.25) is 4.79 Å². The molecule has 0 aromatic heterocycles. The van der Waals surface area contributed by atoms with Gasteiger partial charge in [-0.2, -0.15) is 0 Å². The maximum absolute atomic E-state index is 12.2. The van der Waals surface area contributed by atoms with Gasteiger partial charge in [0.25, 0.3) is 0 Å². The Hall–Kier alpha value is -1.35. The molecule has 1 unspecified atom stereocenters. The Labute approximate surface area is 110 Å². The van der Waals surface area contributed by atoms with E-state index in [9.17, 15) is 4.79 Å². The highest BCUT2D eigenvalue weighted by Gasteiger charge is 2.15. The largest absolute Gasteiger partial charge is 0.491 e. The summed E-state index contributed by atoms with van der Waals surface area (Å²) in [6.07, 6.45) is 0.120. The molecule has 0 spiro atoms. The molecule has 0 radical (unpaired) electrons. The highest BCUT2D eigenvalue weighted by Crippen LogP contribution is 2.17. The molecule has 0 heterocycles. The minimum atomic E-state index is -0.0146. The molecule has 18 heavy (non-hydrogen) atoms. The molecule has 0 bridgehead atoms. The monoisotopic (exact) mass is 249 g/mol. The van der Waals surface area contributed by atoms with Crippen molar-refractivity contribution in [2.45, 2.75) is 33.8 Å². The van der Waals surface area contributed by atoms with Crippen LogP contribution in [0.1, 0.15) is 38.1 Å². The van der Waals surface area contributed by atoms with E-state index in [1.807, 2.05) is 52.0 Å². The molecule has 0 aliphatic heterocycles. The summed E-state index contributed by atoms with van der Waals surface area (Å²) in [5, 5.41) is 3.19. The Kier molecular flexibility index (Phi) is 5.86. The zero-order valence-corrected chi connectivity index (χ0v) is 11.7. The molecule has 1 aromatic rings. The molecule has 0 saturated heterocycles. The van der Waals surface area contributed by atoms with Gasteiger partial charge in [-0.1, -0.05) is 26.0 Å². The Bertz CT molecular complexity index is 388. The molecule has 1 atom stereocenters. The quantitative estimate of drug-likeness (QED) is 0.755. The van der Waals surface area contributed by atoms with E-state index in [-0.39, 0.29) is 17.8 Å². The van der Waals surface area contributed by atoms with E-state index >= 15 is 0 Å². The average Bonchev–Trinajstić information content (AvgIpc) is 2.34. The van der Waals surface area contributed by atoms with E-state index in [4.69, 9.17) is 4.74 Å². The van der Waals surface area contributed by atoms with E-state index in [0.29, 0.717) is 6.54 Å². The summed E-state index contributed by atoms with van der Waals surface area (Å²) in [5.41, 5.74) is 0.721. The standard InChI is InChI=1S/C15H23NO2/c1-5-16-10-12(4)15(17)13-7-6-8-14(9-13)18-11(2)3/h6-9,11-12,16H,5,10H2,1-4H3. The second-order valence-electron chi connectivity index (χ2n) is 4.77. The molecule has 100 valence electrons. The predicted molar refractivity (Wildman–Crippen MR) is 74.2 cm³/mol. The maximum Gasteiger partial charge on any atom is 0.167 e. The van der Waals surface area contributed by atoms with Crippen molar-refractivity contribution < 1.29 is 9.53 Å². The first-order valence-corrected chi connectivity index (χ1v) is 6.56. The van der Waals surface area contributed by atoms with Crippen LogP contribution in [0.3, 0.4) is 0 Å². The van der Waals surface area contributed by atoms with Crippen LogP contribution in [0.4, 0.5) is 0 Å². The third kappa shape index (κ3) is 4.49. The number of benzene rings is 1. The van der Waals surface area contributed by atoms with Gasteiger partial charge in [0.05, 0.1) is 6.10 Å². The number of hydrogen-bond donors (Lipinski definition) is 1. The number of Topliss-reactive ketones (excluding diaryl/α,β-unsaturated/α-hetero) is 1. The lowest BCUT2D eigenvalue weighted by Crippen LogP contribution is -2.26. The third-order valence-electron chi connectivity index (χ3n) is 2.64. The van der Waals surface area contributed by atoms with E-state index < -0.39 is 0 Å². The van der Waals surface area contributed by atoms with E-state index in [1.165, 1.54) is 0 Å². The highest BCUT2D eigenvalue weighted by molar-refractivity contribution is 5.98. The van der Waals surface area contributed by atoms with E-state index in [2.05, 4.69) is 5.32 Å². The van der Waals surface area contributed by atoms with Crippen LogP contribution in [-0.2, 0) is 0 Å². The lowest BCUT2D eigenvalue weighted by atomic mass is 9.99. The summed E-state index contributed by atoms with van der Waals surface area (Å²) in [6.45, 7) is 9.53. The normalized spacial score (nSPS) is 12.5. The van der Waals surface area contributed by atoms with Crippen LogP contribution in [-0.4, -0.2) is 25.0 Å². The first kappa shape index (κ1) is 14.7. The first-order valence-electron chi connectivity index (χ1n) is 6.56. The Balaban J connectivity index is 2.73. The first-order chi connectivity index (χ1) is 8.54. The molecule has 0 aliphatic carbocycles. The van der Waals surface area contributed by atoms with Crippen molar-refractivity contribution in [2.75, 3.05) is 13.1 Å².